The predicted octanol–water partition coefficient (Wildman–Crippen LogP) is 5.14. The normalized spacial score (nSPS) is 11.7. The van der Waals surface area contributed by atoms with E-state index in [0.717, 1.165) is 17.9 Å². The third kappa shape index (κ3) is 4.71. The fourth-order valence-electron chi connectivity index (χ4n) is 2.78. The molecule has 0 bridgehead atoms. The average molecular weight is 343 g/mol. The first-order valence-electron chi connectivity index (χ1n) is 8.41. The summed E-state index contributed by atoms with van der Waals surface area (Å²) >= 11 is 5.51. The van der Waals surface area contributed by atoms with Crippen LogP contribution < -0.4 is 15.4 Å². The zero-order valence-electron chi connectivity index (χ0n) is 14.8. The van der Waals surface area contributed by atoms with Crippen molar-refractivity contribution in [1.82, 2.24) is 5.32 Å². The van der Waals surface area contributed by atoms with Crippen LogP contribution in [0.5, 0.6) is 5.75 Å². The maximum absolute atomic E-state index is 5.64. The molecule has 0 aliphatic rings. The molecule has 0 aliphatic carbocycles. The summed E-state index contributed by atoms with van der Waals surface area (Å²) in [6.45, 7) is 9.02. The maximum Gasteiger partial charge on any atom is 0.171 e. The summed E-state index contributed by atoms with van der Waals surface area (Å²) in [4.78, 5) is 0. The topological polar surface area (TPSA) is 33.3 Å². The van der Waals surface area contributed by atoms with Gasteiger partial charge in [-0.15, -0.1) is 0 Å². The van der Waals surface area contributed by atoms with Crippen LogP contribution in [-0.4, -0.2) is 11.7 Å². The smallest absolute Gasteiger partial charge is 0.171 e. The standard InChI is InChI=1S/C20H26N2OS/c1-5-17(16-12-11-14(3)13-15(16)4)21-20(24)22-18-9-7-8-10-19(18)23-6-2/h7-13,17H,5-6H2,1-4H3,(H2,21,22,24)/t17-/m0/s1. The van der Waals surface area contributed by atoms with Crippen LogP contribution in [0.1, 0.15) is 43.0 Å². The van der Waals surface area contributed by atoms with Gasteiger partial charge < -0.3 is 15.4 Å². The Balaban J connectivity index is 2.10. The number of nitrogens with one attached hydrogen (secondary N) is 2. The van der Waals surface area contributed by atoms with Gasteiger partial charge in [0.15, 0.2) is 5.11 Å². The van der Waals surface area contributed by atoms with Crippen LogP contribution in [0.3, 0.4) is 0 Å². The van der Waals surface area contributed by atoms with Crippen molar-refractivity contribution in [3.8, 4) is 5.75 Å². The summed E-state index contributed by atoms with van der Waals surface area (Å²) in [5.74, 6) is 0.809. The van der Waals surface area contributed by atoms with Gasteiger partial charge in [0.25, 0.3) is 0 Å². The lowest BCUT2D eigenvalue weighted by Gasteiger charge is -2.22. The van der Waals surface area contributed by atoms with Gasteiger partial charge in [-0.3, -0.25) is 0 Å². The highest BCUT2D eigenvalue weighted by atomic mass is 32.1. The van der Waals surface area contributed by atoms with Crippen LogP contribution in [0, 0.1) is 13.8 Å². The highest BCUT2D eigenvalue weighted by Crippen LogP contribution is 2.25. The second-order valence-electron chi connectivity index (χ2n) is 5.85. The van der Waals surface area contributed by atoms with Gasteiger partial charge in [-0.25, -0.2) is 0 Å². The summed E-state index contributed by atoms with van der Waals surface area (Å²) in [6, 6.07) is 14.6. The number of anilines is 1. The second-order valence-corrected chi connectivity index (χ2v) is 6.26. The number of hydrogen-bond donors (Lipinski definition) is 2. The molecule has 2 rings (SSSR count). The van der Waals surface area contributed by atoms with E-state index >= 15 is 0 Å². The van der Waals surface area contributed by atoms with Crippen molar-refractivity contribution in [1.29, 1.82) is 0 Å². The van der Waals surface area contributed by atoms with Gasteiger partial charge in [0.2, 0.25) is 0 Å². The van der Waals surface area contributed by atoms with Gasteiger partial charge in [-0.2, -0.15) is 0 Å². The molecular weight excluding hydrogens is 316 g/mol. The van der Waals surface area contributed by atoms with E-state index in [9.17, 15) is 0 Å². The molecule has 0 heterocycles. The number of rotatable bonds is 6. The van der Waals surface area contributed by atoms with Crippen LogP contribution in [0.25, 0.3) is 0 Å². The Hall–Kier alpha value is -2.07. The van der Waals surface area contributed by atoms with E-state index in [1.807, 2.05) is 31.2 Å². The Kier molecular flexibility index (Phi) is 6.62. The lowest BCUT2D eigenvalue weighted by molar-refractivity contribution is 0.342. The first kappa shape index (κ1) is 18.3. The first-order chi connectivity index (χ1) is 11.5. The SMILES string of the molecule is CCOc1ccccc1NC(=S)N[C@@H](CC)c1ccc(C)cc1C. The van der Waals surface area contributed by atoms with E-state index in [4.69, 9.17) is 17.0 Å². The van der Waals surface area contributed by atoms with Crippen LogP contribution in [-0.2, 0) is 0 Å². The van der Waals surface area contributed by atoms with Crippen LogP contribution >= 0.6 is 12.2 Å². The molecule has 1 atom stereocenters. The van der Waals surface area contributed by atoms with E-state index in [1.54, 1.807) is 0 Å². The molecule has 0 spiro atoms. The molecule has 0 aromatic heterocycles. The van der Waals surface area contributed by atoms with Crippen LogP contribution in [0.4, 0.5) is 5.69 Å². The summed E-state index contributed by atoms with van der Waals surface area (Å²) in [5.41, 5.74) is 4.72. The Labute approximate surface area is 150 Å². The molecule has 0 radical (unpaired) electrons. The Morgan fingerprint density at radius 1 is 1.12 bits per heavy atom. The van der Waals surface area contributed by atoms with E-state index in [2.05, 4.69) is 49.6 Å². The number of thiocarbonyl (C=S) groups is 1. The first-order valence-corrected chi connectivity index (χ1v) is 8.82. The number of ether oxygens (including phenoxy) is 1. The Bertz CT molecular complexity index is 700. The van der Waals surface area contributed by atoms with Gasteiger partial charge in [0.05, 0.1) is 18.3 Å². The highest BCUT2D eigenvalue weighted by molar-refractivity contribution is 7.80. The zero-order valence-corrected chi connectivity index (χ0v) is 15.7. The quantitative estimate of drug-likeness (QED) is 0.712. The molecule has 0 amide bonds. The molecule has 128 valence electrons. The largest absolute Gasteiger partial charge is 0.492 e. The Morgan fingerprint density at radius 3 is 2.54 bits per heavy atom. The lowest BCUT2D eigenvalue weighted by Crippen LogP contribution is -2.32. The highest BCUT2D eigenvalue weighted by Gasteiger charge is 2.14. The summed E-state index contributed by atoms with van der Waals surface area (Å²) in [5, 5.41) is 7.29. The summed E-state index contributed by atoms with van der Waals surface area (Å²) in [7, 11) is 0. The lowest BCUT2D eigenvalue weighted by atomic mass is 9.98. The van der Waals surface area contributed by atoms with Crippen molar-refractivity contribution in [2.45, 2.75) is 40.2 Å². The fraction of sp³-hybridized carbons (Fsp3) is 0.350. The molecule has 0 unspecified atom stereocenters. The minimum Gasteiger partial charge on any atom is -0.492 e. The van der Waals surface area contributed by atoms with Crippen LogP contribution in [0.15, 0.2) is 42.5 Å². The van der Waals surface area contributed by atoms with Crippen molar-refractivity contribution in [3.63, 3.8) is 0 Å². The minimum atomic E-state index is 0.185. The van der Waals surface area contributed by atoms with E-state index < -0.39 is 0 Å². The molecular formula is C20H26N2OS. The average Bonchev–Trinajstić information content (AvgIpc) is 2.55. The predicted molar refractivity (Wildman–Crippen MR) is 106 cm³/mol. The van der Waals surface area contributed by atoms with Crippen molar-refractivity contribution in [3.05, 3.63) is 59.2 Å². The van der Waals surface area contributed by atoms with Gasteiger partial charge in [-0.05, 0) is 62.7 Å². The number of hydrogen-bond acceptors (Lipinski definition) is 2. The van der Waals surface area contributed by atoms with E-state index in [-0.39, 0.29) is 6.04 Å². The summed E-state index contributed by atoms with van der Waals surface area (Å²) < 4.78 is 5.64. The van der Waals surface area contributed by atoms with Crippen molar-refractivity contribution < 1.29 is 4.74 Å². The molecule has 0 fully saturated rings. The zero-order chi connectivity index (χ0) is 17.5. The van der Waals surface area contributed by atoms with Crippen molar-refractivity contribution >= 4 is 23.0 Å². The van der Waals surface area contributed by atoms with Crippen molar-refractivity contribution in [2.75, 3.05) is 11.9 Å². The number of aryl methyl sites for hydroxylation is 2. The van der Waals surface area contributed by atoms with Gasteiger partial charge >= 0.3 is 0 Å². The Morgan fingerprint density at radius 2 is 1.88 bits per heavy atom. The van der Waals surface area contributed by atoms with Crippen molar-refractivity contribution in [2.24, 2.45) is 0 Å². The number of benzene rings is 2. The monoisotopic (exact) mass is 342 g/mol. The van der Waals surface area contributed by atoms with E-state index in [1.165, 1.54) is 16.7 Å². The molecule has 2 aromatic rings. The molecule has 2 N–H and O–H groups in total. The van der Waals surface area contributed by atoms with Gasteiger partial charge in [-0.1, -0.05) is 42.8 Å². The third-order valence-electron chi connectivity index (χ3n) is 3.95. The van der Waals surface area contributed by atoms with Gasteiger partial charge in [0, 0.05) is 0 Å². The minimum absolute atomic E-state index is 0.185. The molecule has 24 heavy (non-hydrogen) atoms. The third-order valence-corrected chi connectivity index (χ3v) is 4.17. The fourth-order valence-corrected chi connectivity index (χ4v) is 3.04. The van der Waals surface area contributed by atoms with Crippen LogP contribution in [0.2, 0.25) is 0 Å². The molecule has 3 nitrogen and oxygen atoms in total. The van der Waals surface area contributed by atoms with Gasteiger partial charge in [0.1, 0.15) is 5.75 Å². The molecule has 0 saturated carbocycles. The number of para-hydroxylation sites is 2. The molecule has 0 saturated heterocycles. The molecule has 4 heteroatoms. The maximum atomic E-state index is 5.64. The van der Waals surface area contributed by atoms with E-state index in [0.29, 0.717) is 11.7 Å². The molecule has 0 aliphatic heterocycles. The molecule has 2 aromatic carbocycles. The summed E-state index contributed by atoms with van der Waals surface area (Å²) in [6.07, 6.45) is 0.957. The second kappa shape index (κ2) is 8.69.